The largest absolute Gasteiger partial charge is 0.324 e. The smallest absolute Gasteiger partial charge is 0.176 e. The van der Waals surface area contributed by atoms with Crippen molar-refractivity contribution in [2.45, 2.75) is 19.8 Å². The molecule has 0 aliphatic carbocycles. The van der Waals surface area contributed by atoms with Crippen molar-refractivity contribution < 1.29 is 9.18 Å². The molecular formula is C11H13ClFNO. The molecule has 15 heavy (non-hydrogen) atoms. The number of Topliss-reactive ketones (excluding diaryl/α,β-unsaturated/α-hetero) is 1. The van der Waals surface area contributed by atoms with Gasteiger partial charge in [0.15, 0.2) is 5.78 Å². The van der Waals surface area contributed by atoms with E-state index >= 15 is 0 Å². The van der Waals surface area contributed by atoms with Crippen LogP contribution in [0, 0.1) is 5.82 Å². The summed E-state index contributed by atoms with van der Waals surface area (Å²) in [6.07, 6.45) is 0. The van der Waals surface area contributed by atoms with Gasteiger partial charge in [0.1, 0.15) is 5.82 Å². The van der Waals surface area contributed by atoms with E-state index in [1.165, 1.54) is 12.1 Å². The number of ketones is 1. The minimum Gasteiger partial charge on any atom is -0.324 e. The fraction of sp³-hybridized carbons (Fsp3) is 0.364. The lowest BCUT2D eigenvalue weighted by molar-refractivity contribution is 0.100. The first-order valence-electron chi connectivity index (χ1n) is 4.69. The summed E-state index contributed by atoms with van der Waals surface area (Å²) in [4.78, 5) is 11.3. The van der Waals surface area contributed by atoms with Crippen molar-refractivity contribution >= 4 is 17.4 Å². The predicted octanol–water partition coefficient (Wildman–Crippen LogP) is 2.74. The first-order valence-corrected chi connectivity index (χ1v) is 5.07. The number of halogens is 2. The Balaban J connectivity index is 3.29. The van der Waals surface area contributed by atoms with Gasteiger partial charge in [0.25, 0.3) is 0 Å². The summed E-state index contributed by atoms with van der Waals surface area (Å²) < 4.78 is 13.5. The topological polar surface area (TPSA) is 43.1 Å². The summed E-state index contributed by atoms with van der Waals surface area (Å²) in [7, 11) is 0. The van der Waals surface area contributed by atoms with Crippen LogP contribution in [-0.4, -0.2) is 12.3 Å². The SMILES string of the molecule is CC(C)c1cc(C(=O)CN)cc(Cl)c1F. The summed E-state index contributed by atoms with van der Waals surface area (Å²) in [5, 5.41) is -0.0296. The predicted molar refractivity (Wildman–Crippen MR) is 58.9 cm³/mol. The Morgan fingerprint density at radius 2 is 2.13 bits per heavy atom. The van der Waals surface area contributed by atoms with Gasteiger partial charge in [-0.3, -0.25) is 4.79 Å². The molecule has 4 heteroatoms. The number of carbonyl (C=O) groups is 1. The first kappa shape index (κ1) is 12.1. The number of nitrogens with two attached hydrogens (primary N) is 1. The highest BCUT2D eigenvalue weighted by Crippen LogP contribution is 2.26. The van der Waals surface area contributed by atoms with E-state index in [1.807, 2.05) is 13.8 Å². The third kappa shape index (κ3) is 2.55. The molecule has 0 saturated heterocycles. The summed E-state index contributed by atoms with van der Waals surface area (Å²) in [6, 6.07) is 2.83. The lowest BCUT2D eigenvalue weighted by Gasteiger charge is -2.10. The minimum atomic E-state index is -0.458. The van der Waals surface area contributed by atoms with Gasteiger partial charge in [-0.05, 0) is 23.6 Å². The third-order valence-electron chi connectivity index (χ3n) is 2.19. The van der Waals surface area contributed by atoms with E-state index in [2.05, 4.69) is 0 Å². The van der Waals surface area contributed by atoms with Crippen LogP contribution in [0.1, 0.15) is 35.7 Å². The van der Waals surface area contributed by atoms with Gasteiger partial charge < -0.3 is 5.73 Å². The first-order chi connectivity index (χ1) is 6.97. The highest BCUT2D eigenvalue weighted by Gasteiger charge is 2.14. The molecule has 1 aromatic carbocycles. The molecule has 1 aromatic rings. The fourth-order valence-corrected chi connectivity index (χ4v) is 1.54. The maximum Gasteiger partial charge on any atom is 0.176 e. The van der Waals surface area contributed by atoms with E-state index in [-0.39, 0.29) is 23.3 Å². The number of rotatable bonds is 3. The standard InChI is InChI=1S/C11H13ClFNO/c1-6(2)8-3-7(10(15)5-14)4-9(12)11(8)13/h3-4,6H,5,14H2,1-2H3. The molecule has 0 heterocycles. The summed E-state index contributed by atoms with van der Waals surface area (Å²) in [6.45, 7) is 3.58. The second-order valence-electron chi connectivity index (χ2n) is 3.64. The molecule has 0 aromatic heterocycles. The summed E-state index contributed by atoms with van der Waals surface area (Å²) >= 11 is 5.70. The number of carbonyl (C=O) groups excluding carboxylic acids is 1. The minimum absolute atomic E-state index is 0.0203. The van der Waals surface area contributed by atoms with Crippen molar-refractivity contribution in [2.75, 3.05) is 6.54 Å². The third-order valence-corrected chi connectivity index (χ3v) is 2.46. The Bertz CT molecular complexity index is 390. The van der Waals surface area contributed by atoms with Gasteiger partial charge in [0.2, 0.25) is 0 Å². The molecule has 0 radical (unpaired) electrons. The monoisotopic (exact) mass is 229 g/mol. The van der Waals surface area contributed by atoms with Gasteiger partial charge in [-0.25, -0.2) is 4.39 Å². The van der Waals surface area contributed by atoms with Crippen LogP contribution in [0.2, 0.25) is 5.02 Å². The zero-order chi connectivity index (χ0) is 11.6. The molecule has 0 aliphatic rings. The van der Waals surface area contributed by atoms with Gasteiger partial charge in [-0.2, -0.15) is 0 Å². The molecule has 0 saturated carbocycles. The van der Waals surface area contributed by atoms with E-state index in [4.69, 9.17) is 17.3 Å². The molecule has 0 unspecified atom stereocenters. The molecule has 0 atom stereocenters. The molecule has 0 amide bonds. The molecule has 2 nitrogen and oxygen atoms in total. The molecule has 0 spiro atoms. The molecule has 0 fully saturated rings. The highest BCUT2D eigenvalue weighted by atomic mass is 35.5. The van der Waals surface area contributed by atoms with E-state index in [1.54, 1.807) is 0 Å². The van der Waals surface area contributed by atoms with Crippen molar-refractivity contribution in [1.29, 1.82) is 0 Å². The van der Waals surface area contributed by atoms with Crippen molar-refractivity contribution in [3.05, 3.63) is 34.1 Å². The second kappa shape index (κ2) is 4.73. The number of hydrogen-bond acceptors (Lipinski definition) is 2. The fourth-order valence-electron chi connectivity index (χ4n) is 1.31. The second-order valence-corrected chi connectivity index (χ2v) is 4.05. The van der Waals surface area contributed by atoms with Gasteiger partial charge in [0.05, 0.1) is 11.6 Å². The van der Waals surface area contributed by atoms with Crippen molar-refractivity contribution in [2.24, 2.45) is 5.73 Å². The maximum absolute atomic E-state index is 13.5. The Kier molecular flexibility index (Phi) is 3.83. The van der Waals surface area contributed by atoms with E-state index in [0.717, 1.165) is 0 Å². The van der Waals surface area contributed by atoms with Crippen LogP contribution in [-0.2, 0) is 0 Å². The quantitative estimate of drug-likeness (QED) is 0.810. The van der Waals surface area contributed by atoms with Crippen molar-refractivity contribution in [3.63, 3.8) is 0 Å². The molecular weight excluding hydrogens is 217 g/mol. The van der Waals surface area contributed by atoms with Gasteiger partial charge >= 0.3 is 0 Å². The Hall–Kier alpha value is -0.930. The van der Waals surface area contributed by atoms with E-state index < -0.39 is 5.82 Å². The number of hydrogen-bond donors (Lipinski definition) is 1. The normalized spacial score (nSPS) is 10.8. The lowest BCUT2D eigenvalue weighted by Crippen LogP contribution is -2.14. The van der Waals surface area contributed by atoms with Crippen LogP contribution < -0.4 is 5.73 Å². The zero-order valence-electron chi connectivity index (χ0n) is 8.68. The molecule has 0 aliphatic heterocycles. The molecule has 82 valence electrons. The van der Waals surface area contributed by atoms with Crippen molar-refractivity contribution in [3.8, 4) is 0 Å². The Morgan fingerprint density at radius 3 is 2.60 bits per heavy atom. The highest BCUT2D eigenvalue weighted by molar-refractivity contribution is 6.31. The maximum atomic E-state index is 13.5. The summed E-state index contributed by atoms with van der Waals surface area (Å²) in [5.41, 5.74) is 6.04. The van der Waals surface area contributed by atoms with Crippen LogP contribution in [0.25, 0.3) is 0 Å². The van der Waals surface area contributed by atoms with Crippen LogP contribution in [0.4, 0.5) is 4.39 Å². The molecule has 1 rings (SSSR count). The zero-order valence-corrected chi connectivity index (χ0v) is 9.44. The van der Waals surface area contributed by atoms with Gasteiger partial charge in [-0.15, -0.1) is 0 Å². The van der Waals surface area contributed by atoms with Crippen LogP contribution in [0.15, 0.2) is 12.1 Å². The van der Waals surface area contributed by atoms with E-state index in [9.17, 15) is 9.18 Å². The average Bonchev–Trinajstić information content (AvgIpc) is 2.20. The lowest BCUT2D eigenvalue weighted by atomic mass is 9.98. The van der Waals surface area contributed by atoms with Crippen LogP contribution in [0.3, 0.4) is 0 Å². The molecule has 0 bridgehead atoms. The number of benzene rings is 1. The Labute approximate surface area is 93.2 Å². The van der Waals surface area contributed by atoms with Crippen LogP contribution in [0.5, 0.6) is 0 Å². The van der Waals surface area contributed by atoms with Gasteiger partial charge in [-0.1, -0.05) is 25.4 Å². The molecule has 2 N–H and O–H groups in total. The van der Waals surface area contributed by atoms with Gasteiger partial charge in [0, 0.05) is 5.56 Å². The summed E-state index contributed by atoms with van der Waals surface area (Å²) in [5.74, 6) is -0.716. The van der Waals surface area contributed by atoms with Crippen molar-refractivity contribution in [1.82, 2.24) is 0 Å². The Morgan fingerprint density at radius 1 is 1.53 bits per heavy atom. The van der Waals surface area contributed by atoms with Crippen LogP contribution >= 0.6 is 11.6 Å². The average molecular weight is 230 g/mol. The van der Waals surface area contributed by atoms with E-state index in [0.29, 0.717) is 11.1 Å².